The first-order chi connectivity index (χ1) is 10.5. The topological polar surface area (TPSA) is 102 Å². The van der Waals surface area contributed by atoms with Crippen molar-refractivity contribution in [2.75, 3.05) is 25.0 Å². The van der Waals surface area contributed by atoms with Crippen molar-refractivity contribution in [3.05, 3.63) is 34.4 Å². The van der Waals surface area contributed by atoms with Crippen molar-refractivity contribution in [1.82, 2.24) is 4.90 Å². The molecule has 7 heteroatoms. The number of nitrogens with one attached hydrogen (secondary N) is 1. The fourth-order valence-electron chi connectivity index (χ4n) is 2.86. The molecule has 0 radical (unpaired) electrons. The van der Waals surface area contributed by atoms with Gasteiger partial charge in [0.05, 0.1) is 11.5 Å². The van der Waals surface area contributed by atoms with Crippen molar-refractivity contribution in [3.8, 4) is 0 Å². The first-order valence-corrected chi connectivity index (χ1v) is 7.49. The predicted molar refractivity (Wildman–Crippen MR) is 84.5 cm³/mol. The van der Waals surface area contributed by atoms with E-state index in [0.717, 1.165) is 12.8 Å². The van der Waals surface area contributed by atoms with E-state index in [1.54, 1.807) is 23.1 Å². The molecule has 3 N–H and O–H groups in total. The van der Waals surface area contributed by atoms with E-state index in [0.29, 0.717) is 24.7 Å². The Kier molecular flexibility index (Phi) is 5.32. The molecule has 120 valence electrons. The van der Waals surface area contributed by atoms with Gasteiger partial charge in [0.2, 0.25) is 5.91 Å². The number of nitro groups is 1. The predicted octanol–water partition coefficient (Wildman–Crippen LogP) is 1.59. The number of nitrogens with zero attached hydrogens (tertiary/aromatic N) is 2. The molecular weight excluding hydrogens is 284 g/mol. The summed E-state index contributed by atoms with van der Waals surface area (Å²) in [6.07, 6.45) is 1.88. The zero-order valence-electron chi connectivity index (χ0n) is 12.7. The Morgan fingerprint density at radius 2 is 2.23 bits per heavy atom. The van der Waals surface area contributed by atoms with Crippen LogP contribution in [0.3, 0.4) is 0 Å². The lowest BCUT2D eigenvalue weighted by Gasteiger charge is -2.38. The van der Waals surface area contributed by atoms with Crippen molar-refractivity contribution >= 4 is 17.3 Å². The quantitative estimate of drug-likeness (QED) is 0.635. The van der Waals surface area contributed by atoms with Gasteiger partial charge in [-0.3, -0.25) is 14.9 Å². The minimum Gasteiger partial charge on any atom is -0.371 e. The van der Waals surface area contributed by atoms with Gasteiger partial charge in [-0.1, -0.05) is 19.1 Å². The summed E-state index contributed by atoms with van der Waals surface area (Å²) in [6.45, 7) is 3.34. The van der Waals surface area contributed by atoms with Gasteiger partial charge in [-0.05, 0) is 24.8 Å². The van der Waals surface area contributed by atoms with Crippen molar-refractivity contribution in [2.24, 2.45) is 11.7 Å². The average molecular weight is 306 g/mol. The van der Waals surface area contributed by atoms with E-state index in [2.05, 4.69) is 12.2 Å². The molecule has 22 heavy (non-hydrogen) atoms. The highest BCUT2D eigenvalue weighted by Crippen LogP contribution is 2.24. The highest BCUT2D eigenvalue weighted by molar-refractivity contribution is 5.82. The van der Waals surface area contributed by atoms with Gasteiger partial charge in [0.25, 0.3) is 5.69 Å². The molecule has 1 heterocycles. The number of rotatable bonds is 5. The molecule has 1 aliphatic heterocycles. The first kappa shape index (κ1) is 16.2. The normalized spacial score (nSPS) is 21.5. The molecule has 7 nitrogen and oxygen atoms in total. The maximum atomic E-state index is 12.4. The average Bonchev–Trinajstić information content (AvgIpc) is 2.52. The van der Waals surface area contributed by atoms with Crippen LogP contribution in [0.4, 0.5) is 11.4 Å². The van der Waals surface area contributed by atoms with Crippen LogP contribution < -0.4 is 11.1 Å². The molecule has 1 saturated heterocycles. The van der Waals surface area contributed by atoms with Gasteiger partial charge in [0, 0.05) is 25.2 Å². The number of nitro benzene ring substituents is 1. The second-order valence-electron chi connectivity index (χ2n) is 5.73. The van der Waals surface area contributed by atoms with Crippen LogP contribution in [0, 0.1) is 16.0 Å². The van der Waals surface area contributed by atoms with E-state index >= 15 is 0 Å². The molecule has 1 aromatic carbocycles. The number of likely N-dealkylation sites (tertiary alicyclic amines) is 1. The molecule has 1 fully saturated rings. The fraction of sp³-hybridized carbons (Fsp3) is 0.533. The van der Waals surface area contributed by atoms with E-state index in [9.17, 15) is 14.9 Å². The van der Waals surface area contributed by atoms with Crippen molar-refractivity contribution in [3.63, 3.8) is 0 Å². The second-order valence-corrected chi connectivity index (χ2v) is 5.73. The number of piperidine rings is 1. The third-order valence-corrected chi connectivity index (χ3v) is 4.10. The highest BCUT2D eigenvalue weighted by atomic mass is 16.6. The number of para-hydroxylation sites is 2. The van der Waals surface area contributed by atoms with E-state index in [1.165, 1.54) is 6.07 Å². The Balaban J connectivity index is 1.99. The minimum atomic E-state index is -0.460. The number of amides is 1. The number of carbonyl (C=O) groups is 1. The van der Waals surface area contributed by atoms with Crippen molar-refractivity contribution in [2.45, 2.75) is 25.8 Å². The standard InChI is InChI=1S/C15H22N4O3/c1-11-6-7-18(12(8-11)9-16)15(20)10-17-13-4-2-3-5-14(13)19(21)22/h2-5,11-12,17H,6-10,16H2,1H3. The van der Waals surface area contributed by atoms with Crippen LogP contribution in [0.25, 0.3) is 0 Å². The van der Waals surface area contributed by atoms with E-state index in [1.807, 2.05) is 0 Å². The molecular formula is C15H22N4O3. The molecule has 0 aromatic heterocycles. The largest absolute Gasteiger partial charge is 0.371 e. The SMILES string of the molecule is CC1CCN(C(=O)CNc2ccccc2[N+](=O)[O-])C(CN)C1. The summed E-state index contributed by atoms with van der Waals surface area (Å²) < 4.78 is 0. The summed E-state index contributed by atoms with van der Waals surface area (Å²) in [5.41, 5.74) is 6.09. The lowest BCUT2D eigenvalue weighted by Crippen LogP contribution is -2.50. The van der Waals surface area contributed by atoms with Gasteiger partial charge in [-0.2, -0.15) is 0 Å². The van der Waals surface area contributed by atoms with Gasteiger partial charge in [0.15, 0.2) is 0 Å². The van der Waals surface area contributed by atoms with E-state index in [-0.39, 0.29) is 24.2 Å². The zero-order chi connectivity index (χ0) is 16.1. The monoisotopic (exact) mass is 306 g/mol. The fourth-order valence-corrected chi connectivity index (χ4v) is 2.86. The number of hydrogen-bond acceptors (Lipinski definition) is 5. The van der Waals surface area contributed by atoms with E-state index < -0.39 is 4.92 Å². The maximum Gasteiger partial charge on any atom is 0.292 e. The van der Waals surface area contributed by atoms with Gasteiger partial charge >= 0.3 is 0 Å². The Labute approximate surface area is 129 Å². The molecule has 0 bridgehead atoms. The van der Waals surface area contributed by atoms with Gasteiger partial charge in [-0.25, -0.2) is 0 Å². The third-order valence-electron chi connectivity index (χ3n) is 4.10. The number of benzene rings is 1. The van der Waals surface area contributed by atoms with Gasteiger partial charge < -0.3 is 16.0 Å². The molecule has 1 aromatic rings. The highest BCUT2D eigenvalue weighted by Gasteiger charge is 2.28. The molecule has 2 atom stereocenters. The molecule has 1 aliphatic rings. The molecule has 0 aliphatic carbocycles. The Morgan fingerprint density at radius 3 is 2.91 bits per heavy atom. The molecule has 0 saturated carbocycles. The molecule has 2 rings (SSSR count). The Bertz CT molecular complexity index is 549. The number of hydrogen-bond donors (Lipinski definition) is 2. The first-order valence-electron chi connectivity index (χ1n) is 7.49. The molecule has 2 unspecified atom stereocenters. The molecule has 1 amide bonds. The van der Waals surface area contributed by atoms with Crippen LogP contribution >= 0.6 is 0 Å². The summed E-state index contributed by atoms with van der Waals surface area (Å²) in [5, 5.41) is 13.8. The number of anilines is 1. The summed E-state index contributed by atoms with van der Waals surface area (Å²) in [5.74, 6) is 0.501. The molecule has 0 spiro atoms. The number of carbonyl (C=O) groups excluding carboxylic acids is 1. The van der Waals surface area contributed by atoms with Crippen LogP contribution in [0.1, 0.15) is 19.8 Å². The lowest BCUT2D eigenvalue weighted by atomic mass is 9.92. The van der Waals surface area contributed by atoms with Crippen LogP contribution in [0.2, 0.25) is 0 Å². The third kappa shape index (κ3) is 3.73. The maximum absolute atomic E-state index is 12.4. The van der Waals surface area contributed by atoms with Crippen LogP contribution in [-0.2, 0) is 4.79 Å². The van der Waals surface area contributed by atoms with Crippen molar-refractivity contribution < 1.29 is 9.72 Å². The second kappa shape index (κ2) is 7.22. The smallest absolute Gasteiger partial charge is 0.292 e. The van der Waals surface area contributed by atoms with E-state index in [4.69, 9.17) is 5.73 Å². The summed E-state index contributed by atoms with van der Waals surface area (Å²) in [6, 6.07) is 6.37. The summed E-state index contributed by atoms with van der Waals surface area (Å²) >= 11 is 0. The van der Waals surface area contributed by atoms with Gasteiger partial charge in [-0.15, -0.1) is 0 Å². The van der Waals surface area contributed by atoms with Gasteiger partial charge in [0.1, 0.15) is 5.69 Å². The van der Waals surface area contributed by atoms with Crippen LogP contribution in [-0.4, -0.2) is 41.4 Å². The Hall–Kier alpha value is -2.15. The minimum absolute atomic E-state index is 0.0297. The zero-order valence-corrected chi connectivity index (χ0v) is 12.7. The van der Waals surface area contributed by atoms with Crippen molar-refractivity contribution in [1.29, 1.82) is 0 Å². The summed E-state index contributed by atoms with van der Waals surface area (Å²) in [7, 11) is 0. The summed E-state index contributed by atoms with van der Waals surface area (Å²) in [4.78, 5) is 24.7. The van der Waals surface area contributed by atoms with Crippen LogP contribution in [0.15, 0.2) is 24.3 Å². The Morgan fingerprint density at radius 1 is 1.50 bits per heavy atom. The number of nitrogens with two attached hydrogens (primary N) is 1. The lowest BCUT2D eigenvalue weighted by molar-refractivity contribution is -0.383. The van der Waals surface area contributed by atoms with Crippen LogP contribution in [0.5, 0.6) is 0 Å².